The third-order valence-corrected chi connectivity index (χ3v) is 9.93. The van der Waals surface area contributed by atoms with Crippen LogP contribution in [0.25, 0.3) is 17.2 Å². The lowest BCUT2D eigenvalue weighted by Gasteiger charge is -2.38. The maximum Gasteiger partial charge on any atom is 0.161 e. The average molecular weight is 681 g/mol. The van der Waals surface area contributed by atoms with Crippen LogP contribution in [0.2, 0.25) is 0 Å². The molecule has 3 unspecified atom stereocenters. The summed E-state index contributed by atoms with van der Waals surface area (Å²) in [5, 5.41) is 46.1. The zero-order valence-electron chi connectivity index (χ0n) is 28.4. The summed E-state index contributed by atoms with van der Waals surface area (Å²) in [5.74, 6) is 1.92. The average Bonchev–Trinajstić information content (AvgIpc) is 3.60. The topological polar surface area (TPSA) is 142 Å². The van der Waals surface area contributed by atoms with Crippen molar-refractivity contribution >= 4 is 6.08 Å². The molecule has 262 valence electrons. The number of rotatable bonds is 13. The molecule has 2 aliphatic heterocycles. The van der Waals surface area contributed by atoms with Crippen LogP contribution in [-0.2, 0) is 30.4 Å². The maximum atomic E-state index is 10.9. The quantitative estimate of drug-likeness (QED) is 0.134. The standard InChI is InChI=1S/C40H44N2O8/c1-41-22-49-37-20-31-32-17-26(15-23-5-8-33-24(14-23)9-10-42-33)30-19-28(45)6-7-29(30)38(32)35(48-13-12-44)21-34(31)50-40(37)27-16-25(4-3-11-43)39(46)36(18-27)47-2/h5-9,14,16,18-19,21,26,37,40-41,43-46H,3-4,10-13,15,17,20,22H2,1-2H3. The van der Waals surface area contributed by atoms with Crippen molar-refractivity contribution in [2.75, 3.05) is 47.3 Å². The van der Waals surface area contributed by atoms with E-state index in [4.69, 9.17) is 18.9 Å². The smallest absolute Gasteiger partial charge is 0.161 e. The second kappa shape index (κ2) is 14.7. The van der Waals surface area contributed by atoms with Crippen LogP contribution in [0.1, 0.15) is 51.8 Å². The Morgan fingerprint density at radius 2 is 1.84 bits per heavy atom. The normalized spacial score (nSPS) is 18.5. The number of methoxy groups -OCH3 is 1. The molecular weight excluding hydrogens is 636 g/mol. The predicted octanol–water partition coefficient (Wildman–Crippen LogP) is 3.60. The number of phenols is 2. The Morgan fingerprint density at radius 3 is 2.64 bits per heavy atom. The number of hydrogen-bond donors (Lipinski definition) is 5. The predicted molar refractivity (Wildman–Crippen MR) is 189 cm³/mol. The number of aryl methyl sites for hydroxylation is 1. The minimum Gasteiger partial charge on any atom is -0.508 e. The Morgan fingerprint density at radius 1 is 0.960 bits per heavy atom. The molecule has 5 N–H and O–H groups in total. The van der Waals surface area contributed by atoms with Crippen molar-refractivity contribution in [1.82, 2.24) is 5.32 Å². The molecule has 0 bridgehead atoms. The van der Waals surface area contributed by atoms with E-state index >= 15 is 0 Å². The van der Waals surface area contributed by atoms with E-state index in [9.17, 15) is 20.4 Å². The van der Waals surface area contributed by atoms with E-state index in [-0.39, 0.29) is 43.3 Å². The van der Waals surface area contributed by atoms with Gasteiger partial charge < -0.3 is 39.4 Å². The van der Waals surface area contributed by atoms with Gasteiger partial charge in [-0.15, -0.1) is 0 Å². The van der Waals surface area contributed by atoms with Gasteiger partial charge in [0.1, 0.15) is 30.0 Å². The highest BCUT2D eigenvalue weighted by atomic mass is 16.6. The van der Waals surface area contributed by atoms with Gasteiger partial charge in [0, 0.05) is 30.2 Å². The van der Waals surface area contributed by atoms with Crippen molar-refractivity contribution in [3.8, 4) is 39.9 Å². The first-order chi connectivity index (χ1) is 24.4. The molecule has 4 aromatic rings. The molecule has 10 heteroatoms. The van der Waals surface area contributed by atoms with Gasteiger partial charge in [0.05, 0.1) is 32.3 Å². The number of aromatic hydroxyl groups is 2. The van der Waals surface area contributed by atoms with Crippen LogP contribution >= 0.6 is 0 Å². The number of hydrogen-bond acceptors (Lipinski definition) is 10. The largest absolute Gasteiger partial charge is 0.508 e. The highest BCUT2D eigenvalue weighted by molar-refractivity contribution is 5.83. The van der Waals surface area contributed by atoms with Crippen LogP contribution in [0, 0.1) is 0 Å². The molecule has 0 fully saturated rings. The molecule has 3 atom stereocenters. The summed E-state index contributed by atoms with van der Waals surface area (Å²) >= 11 is 0. The van der Waals surface area contributed by atoms with Gasteiger partial charge in [-0.25, -0.2) is 0 Å². The van der Waals surface area contributed by atoms with Crippen LogP contribution in [0.4, 0.5) is 0 Å². The van der Waals surface area contributed by atoms with Crippen molar-refractivity contribution in [3.63, 3.8) is 0 Å². The van der Waals surface area contributed by atoms with Gasteiger partial charge in [0.15, 0.2) is 17.6 Å². The van der Waals surface area contributed by atoms with E-state index in [1.165, 1.54) is 12.7 Å². The molecule has 0 radical (unpaired) electrons. The fourth-order valence-electron chi connectivity index (χ4n) is 7.67. The number of nitrogens with one attached hydrogen (secondary N) is 1. The highest BCUT2D eigenvalue weighted by Crippen LogP contribution is 2.52. The summed E-state index contributed by atoms with van der Waals surface area (Å²) in [4.78, 5) is 4.55. The first kappa shape index (κ1) is 33.9. The summed E-state index contributed by atoms with van der Waals surface area (Å²) in [7, 11) is 3.35. The molecule has 10 nitrogen and oxygen atoms in total. The summed E-state index contributed by atoms with van der Waals surface area (Å²) in [6.07, 6.45) is 4.17. The van der Waals surface area contributed by atoms with Crippen LogP contribution in [0.3, 0.4) is 0 Å². The minimum atomic E-state index is -0.543. The SMILES string of the molecule is CNCOC1Cc2c(cc(OCCO)c3c2CC(Cc2ccc4c(c2)=CCN=4)c2cc(O)ccc2-3)OC1c1cc(CCCO)c(O)c(OC)c1. The van der Waals surface area contributed by atoms with E-state index < -0.39 is 6.10 Å². The van der Waals surface area contributed by atoms with Gasteiger partial charge >= 0.3 is 0 Å². The molecule has 2 heterocycles. The number of benzene rings is 4. The Bertz CT molecular complexity index is 2010. The molecule has 0 saturated carbocycles. The summed E-state index contributed by atoms with van der Waals surface area (Å²) in [6, 6.07) is 17.6. The summed E-state index contributed by atoms with van der Waals surface area (Å²) < 4.78 is 25.1. The van der Waals surface area contributed by atoms with Gasteiger partial charge in [-0.1, -0.05) is 18.2 Å². The third-order valence-electron chi connectivity index (χ3n) is 9.93. The minimum absolute atomic E-state index is 0.000608. The van der Waals surface area contributed by atoms with Crippen molar-refractivity contribution in [2.24, 2.45) is 4.99 Å². The lowest BCUT2D eigenvalue weighted by Crippen LogP contribution is -2.36. The molecule has 4 aromatic carbocycles. The van der Waals surface area contributed by atoms with E-state index in [2.05, 4.69) is 34.6 Å². The molecule has 50 heavy (non-hydrogen) atoms. The zero-order chi connectivity index (χ0) is 34.8. The van der Waals surface area contributed by atoms with Crippen molar-refractivity contribution < 1.29 is 39.4 Å². The lowest BCUT2D eigenvalue weighted by molar-refractivity contribution is -0.0429. The maximum absolute atomic E-state index is 10.9. The summed E-state index contributed by atoms with van der Waals surface area (Å²) in [5.41, 5.74) is 7.75. The van der Waals surface area contributed by atoms with Gasteiger partial charge in [-0.2, -0.15) is 0 Å². The number of aliphatic hydroxyl groups is 2. The van der Waals surface area contributed by atoms with Crippen molar-refractivity contribution in [2.45, 2.75) is 50.2 Å². The fraction of sp³-hybridized carbons (Fsp3) is 0.375. The third kappa shape index (κ3) is 6.52. The van der Waals surface area contributed by atoms with Crippen LogP contribution in [0.15, 0.2) is 59.6 Å². The van der Waals surface area contributed by atoms with Crippen LogP contribution < -0.4 is 30.1 Å². The molecule has 1 aliphatic carbocycles. The number of aliphatic hydroxyl groups excluding tert-OH is 2. The molecule has 0 spiro atoms. The van der Waals surface area contributed by atoms with Crippen LogP contribution in [0.5, 0.6) is 28.7 Å². The molecule has 7 rings (SSSR count). The fourth-order valence-corrected chi connectivity index (χ4v) is 7.67. The number of nitrogens with zero attached hydrogens (tertiary/aromatic N) is 1. The zero-order valence-corrected chi connectivity index (χ0v) is 28.4. The van der Waals surface area contributed by atoms with E-state index in [1.54, 1.807) is 12.1 Å². The summed E-state index contributed by atoms with van der Waals surface area (Å²) in [6.45, 7) is 0.969. The highest BCUT2D eigenvalue weighted by Gasteiger charge is 2.39. The van der Waals surface area contributed by atoms with Crippen molar-refractivity contribution in [3.05, 3.63) is 98.6 Å². The van der Waals surface area contributed by atoms with Crippen LogP contribution in [-0.4, -0.2) is 73.8 Å². The number of phenolic OH excluding ortho intramolecular Hbond substituents is 2. The second-order valence-electron chi connectivity index (χ2n) is 13.1. The monoisotopic (exact) mass is 680 g/mol. The Balaban J connectivity index is 1.35. The Labute approximate surface area is 291 Å². The van der Waals surface area contributed by atoms with Gasteiger partial charge in [-0.05, 0) is 114 Å². The number of ether oxygens (including phenoxy) is 4. The van der Waals surface area contributed by atoms with Gasteiger partial charge in [0.2, 0.25) is 0 Å². The second-order valence-corrected chi connectivity index (χ2v) is 13.1. The molecule has 0 aromatic heterocycles. The van der Waals surface area contributed by atoms with Gasteiger partial charge in [-0.3, -0.25) is 10.3 Å². The molecule has 0 saturated heterocycles. The Hall–Kier alpha value is -4.61. The van der Waals surface area contributed by atoms with E-state index in [0.29, 0.717) is 61.8 Å². The van der Waals surface area contributed by atoms with Crippen molar-refractivity contribution in [1.29, 1.82) is 0 Å². The first-order valence-corrected chi connectivity index (χ1v) is 17.2. The number of fused-ring (bicyclic) bond motifs is 6. The molecule has 3 aliphatic rings. The van der Waals surface area contributed by atoms with E-state index in [1.807, 2.05) is 31.3 Å². The Kier molecular flexibility index (Phi) is 9.96. The molecular formula is C40H44N2O8. The molecule has 0 amide bonds. The van der Waals surface area contributed by atoms with E-state index in [0.717, 1.165) is 50.4 Å². The van der Waals surface area contributed by atoms with Gasteiger partial charge in [0.25, 0.3) is 0 Å². The first-order valence-electron chi connectivity index (χ1n) is 17.2. The lowest BCUT2D eigenvalue weighted by atomic mass is 9.73.